The topological polar surface area (TPSA) is 64.3 Å². The van der Waals surface area contributed by atoms with Gasteiger partial charge in [-0.15, -0.1) is 12.4 Å². The average Bonchev–Trinajstić information content (AvgIpc) is 2.56. The number of hydrogen-bond acceptors (Lipinski definition) is 3. The van der Waals surface area contributed by atoms with E-state index < -0.39 is 0 Å². The van der Waals surface area contributed by atoms with Crippen LogP contribution in [0.15, 0.2) is 36.4 Å². The van der Waals surface area contributed by atoms with Crippen LogP contribution in [0.5, 0.6) is 5.75 Å². The maximum Gasteiger partial charge on any atom is 0.227 e. The van der Waals surface area contributed by atoms with Gasteiger partial charge in [0.1, 0.15) is 5.75 Å². The molecule has 2 aromatic rings. The molecular formula is C18H25ClN2O2. The van der Waals surface area contributed by atoms with E-state index in [-0.39, 0.29) is 24.2 Å². The summed E-state index contributed by atoms with van der Waals surface area (Å²) >= 11 is 0. The molecule has 0 fully saturated rings. The lowest BCUT2D eigenvalue weighted by Crippen LogP contribution is -2.29. The first-order chi connectivity index (χ1) is 10.7. The standard InChI is InChI=1S/C18H24N2O2.ClH/c1-13(18(21)20-10-4-3-9-19)14-5-6-16-12-17(22-2)8-7-15(16)11-14;/h5-8,11-13H,3-4,9-10,19H2,1-2H3,(H,20,21);1H. The zero-order valence-electron chi connectivity index (χ0n) is 13.7. The van der Waals surface area contributed by atoms with Crippen LogP contribution in [0.3, 0.4) is 0 Å². The Kier molecular flexibility index (Phi) is 7.86. The van der Waals surface area contributed by atoms with Crippen molar-refractivity contribution in [3.8, 4) is 5.75 Å². The van der Waals surface area contributed by atoms with Crippen LogP contribution in [0.4, 0.5) is 0 Å². The van der Waals surface area contributed by atoms with Gasteiger partial charge in [0.2, 0.25) is 5.91 Å². The number of hydrogen-bond donors (Lipinski definition) is 2. The minimum Gasteiger partial charge on any atom is -0.497 e. The molecule has 0 saturated carbocycles. The summed E-state index contributed by atoms with van der Waals surface area (Å²) in [6, 6.07) is 12.1. The molecule has 0 aliphatic carbocycles. The minimum atomic E-state index is -0.163. The molecular weight excluding hydrogens is 312 g/mol. The molecule has 1 atom stereocenters. The molecule has 0 spiro atoms. The Hall–Kier alpha value is -1.78. The van der Waals surface area contributed by atoms with E-state index in [9.17, 15) is 4.79 Å². The molecule has 2 aromatic carbocycles. The van der Waals surface area contributed by atoms with E-state index in [1.807, 2.05) is 37.3 Å². The van der Waals surface area contributed by atoms with Crippen LogP contribution >= 0.6 is 12.4 Å². The molecule has 0 aliphatic heterocycles. The van der Waals surface area contributed by atoms with Gasteiger partial charge in [0.15, 0.2) is 0 Å². The first kappa shape index (κ1) is 19.3. The number of amides is 1. The molecule has 126 valence electrons. The Labute approximate surface area is 143 Å². The molecule has 0 heterocycles. The largest absolute Gasteiger partial charge is 0.497 e. The number of rotatable bonds is 7. The summed E-state index contributed by atoms with van der Waals surface area (Å²) in [6.07, 6.45) is 1.86. The van der Waals surface area contributed by atoms with Gasteiger partial charge >= 0.3 is 0 Å². The number of nitrogens with one attached hydrogen (secondary N) is 1. The Morgan fingerprint density at radius 3 is 2.57 bits per heavy atom. The van der Waals surface area contributed by atoms with E-state index in [1.54, 1.807) is 7.11 Å². The zero-order chi connectivity index (χ0) is 15.9. The highest BCUT2D eigenvalue weighted by Gasteiger charge is 2.15. The van der Waals surface area contributed by atoms with Crippen LogP contribution in [0.25, 0.3) is 10.8 Å². The predicted molar refractivity (Wildman–Crippen MR) is 97.5 cm³/mol. The third kappa shape index (κ3) is 5.12. The number of carbonyl (C=O) groups is 1. The minimum absolute atomic E-state index is 0. The Bertz CT molecular complexity index is 646. The highest BCUT2D eigenvalue weighted by atomic mass is 35.5. The van der Waals surface area contributed by atoms with Gasteiger partial charge in [-0.3, -0.25) is 4.79 Å². The number of ether oxygens (including phenoxy) is 1. The maximum atomic E-state index is 12.2. The van der Waals surface area contributed by atoms with Crippen molar-refractivity contribution in [3.63, 3.8) is 0 Å². The van der Waals surface area contributed by atoms with Gasteiger partial charge in [-0.05, 0) is 54.8 Å². The molecule has 23 heavy (non-hydrogen) atoms. The van der Waals surface area contributed by atoms with Crippen molar-refractivity contribution < 1.29 is 9.53 Å². The second kappa shape index (κ2) is 9.38. The molecule has 0 aliphatic rings. The quantitative estimate of drug-likeness (QED) is 0.763. The number of fused-ring (bicyclic) bond motifs is 1. The third-order valence-electron chi connectivity index (χ3n) is 3.89. The fourth-order valence-electron chi connectivity index (χ4n) is 2.42. The molecule has 1 amide bonds. The van der Waals surface area contributed by atoms with Crippen LogP contribution in [0, 0.1) is 0 Å². The summed E-state index contributed by atoms with van der Waals surface area (Å²) in [5.74, 6) is 0.736. The normalized spacial score (nSPS) is 11.6. The van der Waals surface area contributed by atoms with Crippen LogP contribution < -0.4 is 15.8 Å². The molecule has 0 aromatic heterocycles. The van der Waals surface area contributed by atoms with E-state index >= 15 is 0 Å². The molecule has 0 saturated heterocycles. The summed E-state index contributed by atoms with van der Waals surface area (Å²) in [5.41, 5.74) is 6.47. The lowest BCUT2D eigenvalue weighted by atomic mass is 9.97. The maximum absolute atomic E-state index is 12.2. The zero-order valence-corrected chi connectivity index (χ0v) is 14.5. The molecule has 3 N–H and O–H groups in total. The molecule has 4 nitrogen and oxygen atoms in total. The number of benzene rings is 2. The van der Waals surface area contributed by atoms with Crippen LogP contribution in [0.2, 0.25) is 0 Å². The van der Waals surface area contributed by atoms with Crippen LogP contribution in [0.1, 0.15) is 31.2 Å². The molecule has 0 radical (unpaired) electrons. The predicted octanol–water partition coefficient (Wildman–Crippen LogP) is 3.23. The highest BCUT2D eigenvalue weighted by Crippen LogP contribution is 2.25. The van der Waals surface area contributed by atoms with Crippen molar-refractivity contribution in [1.82, 2.24) is 5.32 Å². The summed E-state index contributed by atoms with van der Waals surface area (Å²) in [7, 11) is 1.66. The van der Waals surface area contributed by atoms with Crippen molar-refractivity contribution in [2.24, 2.45) is 5.73 Å². The SMILES string of the molecule is COc1ccc2cc(C(C)C(=O)NCCCCN)ccc2c1.Cl. The fraction of sp³-hybridized carbons (Fsp3) is 0.389. The summed E-state index contributed by atoms with van der Waals surface area (Å²) in [6.45, 7) is 3.29. The first-order valence-corrected chi connectivity index (χ1v) is 7.71. The van der Waals surface area contributed by atoms with Gasteiger partial charge in [0, 0.05) is 6.54 Å². The van der Waals surface area contributed by atoms with E-state index in [4.69, 9.17) is 10.5 Å². The highest BCUT2D eigenvalue weighted by molar-refractivity contribution is 5.88. The van der Waals surface area contributed by atoms with Gasteiger partial charge in [-0.2, -0.15) is 0 Å². The monoisotopic (exact) mass is 336 g/mol. The Morgan fingerprint density at radius 1 is 1.17 bits per heavy atom. The van der Waals surface area contributed by atoms with E-state index in [0.717, 1.165) is 34.9 Å². The van der Waals surface area contributed by atoms with Gasteiger partial charge in [-0.25, -0.2) is 0 Å². The van der Waals surface area contributed by atoms with Gasteiger partial charge in [-0.1, -0.05) is 24.3 Å². The average molecular weight is 337 g/mol. The molecule has 2 rings (SSSR count). The summed E-state index contributed by atoms with van der Waals surface area (Å²) in [5, 5.41) is 5.19. The fourth-order valence-corrected chi connectivity index (χ4v) is 2.42. The molecule has 0 bridgehead atoms. The number of carbonyl (C=O) groups excluding carboxylic acids is 1. The second-order valence-corrected chi connectivity index (χ2v) is 5.48. The Morgan fingerprint density at radius 2 is 1.87 bits per heavy atom. The van der Waals surface area contributed by atoms with Crippen LogP contribution in [-0.4, -0.2) is 26.1 Å². The lowest BCUT2D eigenvalue weighted by Gasteiger charge is -2.13. The van der Waals surface area contributed by atoms with Crippen molar-refractivity contribution in [1.29, 1.82) is 0 Å². The van der Waals surface area contributed by atoms with Crippen molar-refractivity contribution in [2.45, 2.75) is 25.7 Å². The van der Waals surface area contributed by atoms with Crippen LogP contribution in [-0.2, 0) is 4.79 Å². The number of nitrogens with two attached hydrogens (primary N) is 1. The lowest BCUT2D eigenvalue weighted by molar-refractivity contribution is -0.122. The van der Waals surface area contributed by atoms with Crippen molar-refractivity contribution in [2.75, 3.05) is 20.2 Å². The number of methoxy groups -OCH3 is 1. The van der Waals surface area contributed by atoms with Crippen molar-refractivity contribution >= 4 is 29.1 Å². The smallest absolute Gasteiger partial charge is 0.227 e. The van der Waals surface area contributed by atoms with Gasteiger partial charge in [0.05, 0.1) is 13.0 Å². The van der Waals surface area contributed by atoms with E-state index in [0.29, 0.717) is 13.1 Å². The third-order valence-corrected chi connectivity index (χ3v) is 3.89. The number of unbranched alkanes of at least 4 members (excludes halogenated alkanes) is 1. The van der Waals surface area contributed by atoms with Gasteiger partial charge in [0.25, 0.3) is 0 Å². The molecule has 5 heteroatoms. The summed E-state index contributed by atoms with van der Waals surface area (Å²) in [4.78, 5) is 12.2. The van der Waals surface area contributed by atoms with Gasteiger partial charge < -0.3 is 15.8 Å². The first-order valence-electron chi connectivity index (χ1n) is 7.71. The molecule has 1 unspecified atom stereocenters. The summed E-state index contributed by atoms with van der Waals surface area (Å²) < 4.78 is 5.23. The van der Waals surface area contributed by atoms with E-state index in [2.05, 4.69) is 11.4 Å². The van der Waals surface area contributed by atoms with E-state index in [1.165, 1.54) is 0 Å². The second-order valence-electron chi connectivity index (χ2n) is 5.48. The number of halogens is 1. The Balaban J connectivity index is 0.00000264. The van der Waals surface area contributed by atoms with Crippen molar-refractivity contribution in [3.05, 3.63) is 42.0 Å².